The summed E-state index contributed by atoms with van der Waals surface area (Å²) in [5.74, 6) is -2.58. The normalized spacial score (nSPS) is 23.8. The third-order valence-electron chi connectivity index (χ3n) is 1.70. The summed E-state index contributed by atoms with van der Waals surface area (Å²) in [7, 11) is 0. The Morgan fingerprint density at radius 2 is 1.75 bits per heavy atom. The van der Waals surface area contributed by atoms with Crippen molar-refractivity contribution in [3.8, 4) is 0 Å². The molecule has 7 heteroatoms. The highest BCUT2D eigenvalue weighted by Crippen LogP contribution is 2.10. The van der Waals surface area contributed by atoms with Gasteiger partial charge in [0.05, 0.1) is 12.8 Å². The monoisotopic (exact) mass is 228 g/mol. The Hall–Kier alpha value is -2.02. The number of hydrogen-bond acceptors (Lipinski definition) is 7. The second-order valence-corrected chi connectivity index (χ2v) is 3.05. The molecule has 1 unspecified atom stereocenters. The zero-order chi connectivity index (χ0) is 12.3. The largest absolute Gasteiger partial charge is 0.391 e. The molecule has 0 aliphatic carbocycles. The van der Waals surface area contributed by atoms with Gasteiger partial charge in [-0.3, -0.25) is 9.59 Å². The number of carbonyl (C=O) groups excluding carboxylic acids is 4. The van der Waals surface area contributed by atoms with Crippen LogP contribution in [0.2, 0.25) is 0 Å². The maximum atomic E-state index is 10.2. The van der Waals surface area contributed by atoms with Crippen LogP contribution in [0.3, 0.4) is 0 Å². The Morgan fingerprint density at radius 1 is 1.12 bits per heavy atom. The van der Waals surface area contributed by atoms with E-state index in [2.05, 4.69) is 16.1 Å². The first-order valence-electron chi connectivity index (χ1n) is 4.25. The van der Waals surface area contributed by atoms with E-state index in [4.69, 9.17) is 5.11 Å². The van der Waals surface area contributed by atoms with Crippen molar-refractivity contribution in [3.63, 3.8) is 0 Å². The fourth-order valence-electron chi connectivity index (χ4n) is 0.921. The number of carbonyl (C=O) groups is 4. The molecule has 16 heavy (non-hydrogen) atoms. The molecular weight excluding hydrogens is 220 g/mol. The minimum atomic E-state index is -1.22. The fraction of sp³-hybridized carbons (Fsp3) is 0.333. The summed E-state index contributed by atoms with van der Waals surface area (Å²) >= 11 is 0. The second kappa shape index (κ2) is 4.67. The van der Waals surface area contributed by atoms with E-state index in [1.807, 2.05) is 0 Å². The van der Waals surface area contributed by atoms with Crippen LogP contribution >= 0.6 is 0 Å². The van der Waals surface area contributed by atoms with Gasteiger partial charge in [-0.1, -0.05) is 6.58 Å². The Morgan fingerprint density at radius 3 is 1.88 bits per heavy atom. The van der Waals surface area contributed by atoms with Gasteiger partial charge in [-0.15, -0.1) is 0 Å². The van der Waals surface area contributed by atoms with E-state index in [1.165, 1.54) is 0 Å². The van der Waals surface area contributed by atoms with Gasteiger partial charge in [-0.05, 0) is 0 Å². The van der Waals surface area contributed by atoms with E-state index in [1.54, 1.807) is 0 Å². The maximum Gasteiger partial charge on any atom is 0.343 e. The van der Waals surface area contributed by atoms with Gasteiger partial charge in [0.1, 0.15) is 0 Å². The number of cyclic esters (lactones) is 4. The Labute approximate surface area is 89.6 Å². The summed E-state index contributed by atoms with van der Waals surface area (Å²) < 4.78 is 8.04. The van der Waals surface area contributed by atoms with Gasteiger partial charge in [-0.2, -0.15) is 0 Å². The summed E-state index contributed by atoms with van der Waals surface area (Å²) in [5, 5.41) is 8.47. The fourth-order valence-corrected chi connectivity index (χ4v) is 0.921. The van der Waals surface area contributed by atoms with Crippen LogP contribution in [0.5, 0.6) is 0 Å². The zero-order valence-corrected chi connectivity index (χ0v) is 8.10. The molecule has 1 atom stereocenters. The Bertz CT molecular complexity index is 363. The maximum absolute atomic E-state index is 10.2. The summed E-state index contributed by atoms with van der Waals surface area (Å²) in [5.41, 5.74) is 0.245. The van der Waals surface area contributed by atoms with E-state index in [-0.39, 0.29) is 18.4 Å². The van der Waals surface area contributed by atoms with E-state index >= 15 is 0 Å². The quantitative estimate of drug-likeness (QED) is 0.316. The van der Waals surface area contributed by atoms with Crippen LogP contribution in [0.15, 0.2) is 12.2 Å². The third kappa shape index (κ3) is 2.99. The first-order valence-corrected chi connectivity index (χ1v) is 4.25. The Balaban J connectivity index is 0.000000160. The van der Waals surface area contributed by atoms with E-state index in [9.17, 15) is 19.2 Å². The Kier molecular flexibility index (Phi) is 3.51. The van der Waals surface area contributed by atoms with Crippen molar-refractivity contribution in [2.24, 2.45) is 0 Å². The average molecular weight is 228 g/mol. The minimum Gasteiger partial charge on any atom is -0.391 e. The molecule has 86 valence electrons. The van der Waals surface area contributed by atoms with Crippen molar-refractivity contribution in [1.82, 2.24) is 0 Å². The number of aliphatic hydroxyl groups excluding tert-OH is 1. The molecule has 2 fully saturated rings. The lowest BCUT2D eigenvalue weighted by molar-refractivity contribution is -0.155. The van der Waals surface area contributed by atoms with Crippen molar-refractivity contribution in [1.29, 1.82) is 0 Å². The second-order valence-electron chi connectivity index (χ2n) is 3.05. The van der Waals surface area contributed by atoms with Gasteiger partial charge in [-0.25, -0.2) is 9.59 Å². The number of esters is 4. The van der Waals surface area contributed by atoms with Crippen LogP contribution in [0, 0.1) is 0 Å². The van der Waals surface area contributed by atoms with E-state index < -0.39 is 30.0 Å². The molecule has 0 bridgehead atoms. The molecule has 0 aromatic rings. The molecule has 0 aromatic carbocycles. The van der Waals surface area contributed by atoms with Crippen molar-refractivity contribution in [2.75, 3.05) is 0 Å². The lowest BCUT2D eigenvalue weighted by atomic mass is 10.3. The molecule has 2 rings (SSSR count). The summed E-state index contributed by atoms with van der Waals surface area (Å²) in [4.78, 5) is 40.6. The summed E-state index contributed by atoms with van der Waals surface area (Å²) in [6.07, 6.45) is -1.36. The molecule has 2 aliphatic rings. The topological polar surface area (TPSA) is 107 Å². The molecule has 2 aliphatic heterocycles. The molecule has 0 saturated carbocycles. The third-order valence-corrected chi connectivity index (χ3v) is 1.70. The highest BCUT2D eigenvalue weighted by Gasteiger charge is 2.30. The zero-order valence-electron chi connectivity index (χ0n) is 8.10. The molecule has 1 N–H and O–H groups in total. The van der Waals surface area contributed by atoms with Gasteiger partial charge >= 0.3 is 23.9 Å². The average Bonchev–Trinajstić information content (AvgIpc) is 2.58. The number of hydrogen-bond donors (Lipinski definition) is 1. The van der Waals surface area contributed by atoms with E-state index in [0.29, 0.717) is 0 Å². The van der Waals surface area contributed by atoms with Gasteiger partial charge in [0, 0.05) is 5.57 Å². The molecule has 0 spiro atoms. The molecular formula is C9H8O7. The summed E-state index contributed by atoms with van der Waals surface area (Å²) in [6, 6.07) is 0. The first kappa shape index (κ1) is 12.1. The summed E-state index contributed by atoms with van der Waals surface area (Å²) in [6.45, 7) is 3.29. The van der Waals surface area contributed by atoms with Crippen LogP contribution in [0.1, 0.15) is 12.8 Å². The van der Waals surface area contributed by atoms with Gasteiger partial charge in [0.2, 0.25) is 0 Å². The van der Waals surface area contributed by atoms with Crippen LogP contribution < -0.4 is 0 Å². The predicted molar refractivity (Wildman–Crippen MR) is 46.6 cm³/mol. The standard InChI is InChI=1S/C5H4O3.C4H4O4/c1-3-2-4(6)8-5(3)7;5-2-1-3(6)8-4(2)7/h1-2H2;2,5H,1H2. The molecule has 7 nitrogen and oxygen atoms in total. The van der Waals surface area contributed by atoms with Crippen LogP contribution in [0.25, 0.3) is 0 Å². The highest BCUT2D eigenvalue weighted by molar-refractivity contribution is 6.05. The number of rotatable bonds is 0. The molecule has 2 heterocycles. The van der Waals surface area contributed by atoms with Crippen molar-refractivity contribution in [3.05, 3.63) is 12.2 Å². The smallest absolute Gasteiger partial charge is 0.343 e. The van der Waals surface area contributed by atoms with Gasteiger partial charge in [0.25, 0.3) is 0 Å². The number of aliphatic hydroxyl groups is 1. The van der Waals surface area contributed by atoms with Gasteiger partial charge in [0.15, 0.2) is 6.10 Å². The lowest BCUT2D eigenvalue weighted by Gasteiger charge is -1.86. The minimum absolute atomic E-state index is 0.0544. The van der Waals surface area contributed by atoms with Gasteiger partial charge < -0.3 is 14.6 Å². The first-order chi connectivity index (χ1) is 7.40. The van der Waals surface area contributed by atoms with E-state index in [0.717, 1.165) is 0 Å². The predicted octanol–water partition coefficient (Wildman–Crippen LogP) is -1.16. The van der Waals surface area contributed by atoms with Crippen LogP contribution in [-0.2, 0) is 28.7 Å². The van der Waals surface area contributed by atoms with Crippen LogP contribution in [0.4, 0.5) is 0 Å². The molecule has 2 saturated heterocycles. The molecule has 0 aromatic heterocycles. The van der Waals surface area contributed by atoms with Crippen LogP contribution in [-0.4, -0.2) is 35.1 Å². The SMILES string of the molecule is C=C1CC(=O)OC1=O.O=C1CC(O)C(=O)O1. The molecule has 0 amide bonds. The molecule has 0 radical (unpaired) electrons. The van der Waals surface area contributed by atoms with Crippen molar-refractivity contribution >= 4 is 23.9 Å². The number of ether oxygens (including phenoxy) is 2. The lowest BCUT2D eigenvalue weighted by Crippen LogP contribution is -2.11. The van der Waals surface area contributed by atoms with Crippen molar-refractivity contribution in [2.45, 2.75) is 18.9 Å². The van der Waals surface area contributed by atoms with Crippen molar-refractivity contribution < 1.29 is 33.8 Å². The highest BCUT2D eigenvalue weighted by atomic mass is 16.6.